The number of hydrogen-bond donors (Lipinski definition) is 1. The minimum atomic E-state index is -0.457. The minimum absolute atomic E-state index is 0.0743. The Morgan fingerprint density at radius 1 is 1.19 bits per heavy atom. The average molecular weight is 229 g/mol. The van der Waals surface area contributed by atoms with E-state index in [-0.39, 0.29) is 11.5 Å². The van der Waals surface area contributed by atoms with E-state index in [0.29, 0.717) is 6.61 Å². The molecule has 0 spiro atoms. The van der Waals surface area contributed by atoms with Crippen LogP contribution in [0.2, 0.25) is 0 Å². The Labute approximate surface area is 99.9 Å². The second kappa shape index (κ2) is 6.24. The third-order valence-electron chi connectivity index (χ3n) is 2.30. The van der Waals surface area contributed by atoms with Crippen LogP contribution >= 0.6 is 0 Å². The fraction of sp³-hybridized carbons (Fsp3) is 0.923. The first-order chi connectivity index (χ1) is 7.19. The van der Waals surface area contributed by atoms with Crippen molar-refractivity contribution in [2.75, 3.05) is 13.2 Å². The number of ether oxygens (including phenoxy) is 1. The van der Waals surface area contributed by atoms with Gasteiger partial charge in [-0.3, -0.25) is 4.79 Å². The predicted octanol–water partition coefficient (Wildman–Crippen LogP) is 2.74. The van der Waals surface area contributed by atoms with Gasteiger partial charge in [0.15, 0.2) is 0 Å². The molecule has 0 radical (unpaired) electrons. The molecule has 3 nitrogen and oxygen atoms in total. The molecule has 0 aromatic carbocycles. The first kappa shape index (κ1) is 15.4. The van der Waals surface area contributed by atoms with Gasteiger partial charge in [-0.25, -0.2) is 0 Å². The number of amides is 1. The highest BCUT2D eigenvalue weighted by molar-refractivity contribution is 5.81. The van der Waals surface area contributed by atoms with Crippen LogP contribution in [-0.2, 0) is 9.53 Å². The van der Waals surface area contributed by atoms with Gasteiger partial charge in [0.1, 0.15) is 0 Å². The van der Waals surface area contributed by atoms with Crippen molar-refractivity contribution in [2.24, 2.45) is 5.41 Å². The minimum Gasteiger partial charge on any atom is -0.375 e. The summed E-state index contributed by atoms with van der Waals surface area (Å²) in [6.07, 6.45) is 2.13. The Kier molecular flexibility index (Phi) is 6.01. The molecule has 0 saturated heterocycles. The summed E-state index contributed by atoms with van der Waals surface area (Å²) >= 11 is 0. The van der Waals surface area contributed by atoms with Gasteiger partial charge in [0.05, 0.1) is 17.6 Å². The third-order valence-corrected chi connectivity index (χ3v) is 2.30. The van der Waals surface area contributed by atoms with Gasteiger partial charge in [-0.15, -0.1) is 0 Å². The number of nitrogens with one attached hydrogen (secondary N) is 1. The molecule has 0 bridgehead atoms. The Bertz CT molecular complexity index is 216. The van der Waals surface area contributed by atoms with E-state index >= 15 is 0 Å². The number of unbranched alkanes of at least 4 members (excludes halogenated alkanes) is 1. The molecule has 1 N–H and O–H groups in total. The molecule has 16 heavy (non-hydrogen) atoms. The van der Waals surface area contributed by atoms with E-state index in [0.717, 1.165) is 19.4 Å². The molecule has 0 atom stereocenters. The molecule has 0 fully saturated rings. The van der Waals surface area contributed by atoms with Crippen LogP contribution in [0, 0.1) is 5.41 Å². The van der Waals surface area contributed by atoms with Crippen LogP contribution in [0.5, 0.6) is 0 Å². The van der Waals surface area contributed by atoms with E-state index < -0.39 is 5.41 Å². The van der Waals surface area contributed by atoms with Gasteiger partial charge in [0.25, 0.3) is 0 Å². The summed E-state index contributed by atoms with van der Waals surface area (Å²) in [7, 11) is 0. The van der Waals surface area contributed by atoms with Crippen molar-refractivity contribution in [3.05, 3.63) is 0 Å². The van der Waals surface area contributed by atoms with Crippen molar-refractivity contribution in [2.45, 2.75) is 60.0 Å². The smallest absolute Gasteiger partial charge is 0.227 e. The lowest BCUT2D eigenvalue weighted by molar-refractivity contribution is -0.136. The summed E-state index contributed by atoms with van der Waals surface area (Å²) in [6.45, 7) is 13.1. The standard InChI is InChI=1S/C13H27NO2/c1-7-8-9-14-11(15)13(5,6)10-16-12(2,3)4/h7-10H2,1-6H3,(H,14,15). The maximum Gasteiger partial charge on any atom is 0.227 e. The van der Waals surface area contributed by atoms with Gasteiger partial charge in [0.2, 0.25) is 5.91 Å². The molecule has 3 heteroatoms. The van der Waals surface area contributed by atoms with Gasteiger partial charge in [-0.05, 0) is 41.0 Å². The van der Waals surface area contributed by atoms with Gasteiger partial charge in [-0.2, -0.15) is 0 Å². The van der Waals surface area contributed by atoms with Gasteiger partial charge < -0.3 is 10.1 Å². The molecule has 96 valence electrons. The molecular weight excluding hydrogens is 202 g/mol. The largest absolute Gasteiger partial charge is 0.375 e. The van der Waals surface area contributed by atoms with Crippen molar-refractivity contribution in [1.82, 2.24) is 5.32 Å². The van der Waals surface area contributed by atoms with Gasteiger partial charge in [0, 0.05) is 6.54 Å². The lowest BCUT2D eigenvalue weighted by Gasteiger charge is -2.28. The highest BCUT2D eigenvalue weighted by atomic mass is 16.5. The van der Waals surface area contributed by atoms with Crippen molar-refractivity contribution in [1.29, 1.82) is 0 Å². The fourth-order valence-corrected chi connectivity index (χ4v) is 1.08. The molecule has 0 saturated carbocycles. The molecular formula is C13H27NO2. The molecule has 1 amide bonds. The molecule has 0 aromatic rings. The van der Waals surface area contributed by atoms with Crippen molar-refractivity contribution in [3.63, 3.8) is 0 Å². The van der Waals surface area contributed by atoms with E-state index in [1.807, 2.05) is 34.6 Å². The van der Waals surface area contributed by atoms with Crippen LogP contribution in [0.15, 0.2) is 0 Å². The Morgan fingerprint density at radius 3 is 2.19 bits per heavy atom. The average Bonchev–Trinajstić information content (AvgIpc) is 2.14. The highest BCUT2D eigenvalue weighted by Gasteiger charge is 2.29. The van der Waals surface area contributed by atoms with Crippen LogP contribution in [0.3, 0.4) is 0 Å². The van der Waals surface area contributed by atoms with E-state index in [1.165, 1.54) is 0 Å². The zero-order chi connectivity index (χ0) is 12.8. The van der Waals surface area contributed by atoms with Gasteiger partial charge in [-0.1, -0.05) is 13.3 Å². The van der Waals surface area contributed by atoms with E-state index in [2.05, 4.69) is 12.2 Å². The highest BCUT2D eigenvalue weighted by Crippen LogP contribution is 2.19. The fourth-order valence-electron chi connectivity index (χ4n) is 1.08. The Hall–Kier alpha value is -0.570. The van der Waals surface area contributed by atoms with Gasteiger partial charge >= 0.3 is 0 Å². The van der Waals surface area contributed by atoms with Crippen molar-refractivity contribution >= 4 is 5.91 Å². The second-order valence-electron chi connectivity index (χ2n) is 5.89. The summed E-state index contributed by atoms with van der Waals surface area (Å²) < 4.78 is 5.66. The summed E-state index contributed by atoms with van der Waals surface area (Å²) in [5.74, 6) is 0.0743. The molecule has 0 aromatic heterocycles. The number of rotatable bonds is 6. The van der Waals surface area contributed by atoms with Crippen molar-refractivity contribution < 1.29 is 9.53 Å². The zero-order valence-electron chi connectivity index (χ0n) is 11.6. The van der Waals surface area contributed by atoms with Crippen LogP contribution < -0.4 is 5.32 Å². The lowest BCUT2D eigenvalue weighted by Crippen LogP contribution is -2.42. The Balaban J connectivity index is 4.05. The van der Waals surface area contributed by atoms with Crippen LogP contribution in [0.1, 0.15) is 54.4 Å². The predicted molar refractivity (Wildman–Crippen MR) is 67.4 cm³/mol. The topological polar surface area (TPSA) is 38.3 Å². The monoisotopic (exact) mass is 229 g/mol. The van der Waals surface area contributed by atoms with E-state index in [9.17, 15) is 4.79 Å². The first-order valence-corrected chi connectivity index (χ1v) is 6.11. The quantitative estimate of drug-likeness (QED) is 0.711. The lowest BCUT2D eigenvalue weighted by atomic mass is 9.93. The number of carbonyl (C=O) groups is 1. The summed E-state index contributed by atoms with van der Waals surface area (Å²) in [5, 5.41) is 2.94. The molecule has 0 rings (SSSR count). The summed E-state index contributed by atoms with van der Waals surface area (Å²) in [4.78, 5) is 11.9. The van der Waals surface area contributed by atoms with E-state index in [4.69, 9.17) is 4.74 Å². The molecule has 0 aliphatic rings. The Morgan fingerprint density at radius 2 is 1.75 bits per heavy atom. The number of carbonyl (C=O) groups excluding carboxylic acids is 1. The van der Waals surface area contributed by atoms with Crippen LogP contribution in [0.25, 0.3) is 0 Å². The molecule has 0 unspecified atom stereocenters. The second-order valence-corrected chi connectivity index (χ2v) is 5.89. The maximum atomic E-state index is 11.9. The molecule has 0 aliphatic carbocycles. The van der Waals surface area contributed by atoms with Crippen LogP contribution in [0.4, 0.5) is 0 Å². The number of hydrogen-bond acceptors (Lipinski definition) is 2. The molecule has 0 heterocycles. The maximum absolute atomic E-state index is 11.9. The van der Waals surface area contributed by atoms with Crippen molar-refractivity contribution in [3.8, 4) is 0 Å². The summed E-state index contributed by atoms with van der Waals surface area (Å²) in [6, 6.07) is 0. The first-order valence-electron chi connectivity index (χ1n) is 6.11. The SMILES string of the molecule is CCCCNC(=O)C(C)(C)COC(C)(C)C. The zero-order valence-corrected chi connectivity index (χ0v) is 11.6. The summed E-state index contributed by atoms with van der Waals surface area (Å²) in [5.41, 5.74) is -0.651. The van der Waals surface area contributed by atoms with E-state index in [1.54, 1.807) is 0 Å². The van der Waals surface area contributed by atoms with Crippen LogP contribution in [-0.4, -0.2) is 24.7 Å². The third kappa shape index (κ3) is 6.83. The normalized spacial score (nSPS) is 12.6. The molecule has 0 aliphatic heterocycles.